The highest BCUT2D eigenvalue weighted by atomic mass is 35.5. The van der Waals surface area contributed by atoms with E-state index >= 15 is 0 Å². The lowest BCUT2D eigenvalue weighted by Crippen LogP contribution is -2.49. The zero-order chi connectivity index (χ0) is 17.3. The SMILES string of the molecule is CC(C)(C)OC(=O)N1C(C=Cc2cccc(Cl)c2)COC1(C)C. The van der Waals surface area contributed by atoms with E-state index in [9.17, 15) is 4.79 Å². The first kappa shape index (κ1) is 17.8. The highest BCUT2D eigenvalue weighted by Crippen LogP contribution is 2.30. The smallest absolute Gasteiger partial charge is 0.413 e. The van der Waals surface area contributed by atoms with Gasteiger partial charge in [-0.05, 0) is 52.3 Å². The van der Waals surface area contributed by atoms with Crippen molar-refractivity contribution in [2.24, 2.45) is 0 Å². The van der Waals surface area contributed by atoms with Crippen LogP contribution >= 0.6 is 11.6 Å². The van der Waals surface area contributed by atoms with Crippen molar-refractivity contribution in [2.75, 3.05) is 6.61 Å². The summed E-state index contributed by atoms with van der Waals surface area (Å²) in [5.41, 5.74) is -0.269. The van der Waals surface area contributed by atoms with Crippen LogP contribution in [0.2, 0.25) is 5.02 Å². The molecule has 0 saturated carbocycles. The summed E-state index contributed by atoms with van der Waals surface area (Å²) in [5.74, 6) is 0. The summed E-state index contributed by atoms with van der Waals surface area (Å²) in [7, 11) is 0. The van der Waals surface area contributed by atoms with Crippen LogP contribution in [0.4, 0.5) is 4.79 Å². The van der Waals surface area contributed by atoms with Gasteiger partial charge in [0, 0.05) is 5.02 Å². The monoisotopic (exact) mass is 337 g/mol. The molecule has 1 unspecified atom stereocenters. The van der Waals surface area contributed by atoms with Crippen molar-refractivity contribution in [1.29, 1.82) is 0 Å². The average molecular weight is 338 g/mol. The number of halogens is 1. The first-order chi connectivity index (χ1) is 10.6. The maximum atomic E-state index is 12.5. The van der Waals surface area contributed by atoms with Crippen LogP contribution in [0, 0.1) is 0 Å². The second-order valence-corrected chi connectivity index (χ2v) is 7.53. The van der Waals surface area contributed by atoms with Crippen molar-refractivity contribution < 1.29 is 14.3 Å². The maximum Gasteiger partial charge on any atom is 0.413 e. The number of carbonyl (C=O) groups is 1. The van der Waals surface area contributed by atoms with Gasteiger partial charge in [-0.25, -0.2) is 4.79 Å². The second kappa shape index (κ2) is 6.54. The Hall–Kier alpha value is -1.52. The third-order valence-corrected chi connectivity index (χ3v) is 3.70. The van der Waals surface area contributed by atoms with E-state index in [0.29, 0.717) is 11.6 Å². The number of nitrogens with zero attached hydrogens (tertiary/aromatic N) is 1. The highest BCUT2D eigenvalue weighted by Gasteiger charge is 2.44. The van der Waals surface area contributed by atoms with Crippen LogP contribution in [-0.4, -0.2) is 35.0 Å². The minimum absolute atomic E-state index is 0.182. The summed E-state index contributed by atoms with van der Waals surface area (Å²) < 4.78 is 11.3. The zero-order valence-electron chi connectivity index (χ0n) is 14.3. The molecule has 1 saturated heterocycles. The zero-order valence-corrected chi connectivity index (χ0v) is 15.1. The Kier molecular flexibility index (Phi) is 5.07. The number of rotatable bonds is 2. The summed E-state index contributed by atoms with van der Waals surface area (Å²) in [6.45, 7) is 9.72. The molecule has 0 aliphatic carbocycles. The molecule has 126 valence electrons. The molecule has 2 rings (SSSR count). The van der Waals surface area contributed by atoms with E-state index in [2.05, 4.69) is 0 Å². The van der Waals surface area contributed by atoms with E-state index in [4.69, 9.17) is 21.1 Å². The maximum absolute atomic E-state index is 12.5. The molecule has 0 spiro atoms. The third kappa shape index (κ3) is 4.72. The fraction of sp³-hybridized carbons (Fsp3) is 0.500. The van der Waals surface area contributed by atoms with Gasteiger partial charge in [-0.1, -0.05) is 35.9 Å². The van der Waals surface area contributed by atoms with Crippen molar-refractivity contribution >= 4 is 23.8 Å². The quantitative estimate of drug-likeness (QED) is 0.783. The molecule has 1 aromatic rings. The average Bonchev–Trinajstić information content (AvgIpc) is 2.69. The van der Waals surface area contributed by atoms with E-state index in [1.54, 1.807) is 4.90 Å². The summed E-state index contributed by atoms with van der Waals surface area (Å²) in [5, 5.41) is 0.680. The van der Waals surface area contributed by atoms with Gasteiger partial charge >= 0.3 is 6.09 Å². The van der Waals surface area contributed by atoms with Crippen molar-refractivity contribution in [3.05, 3.63) is 40.9 Å². The summed E-state index contributed by atoms with van der Waals surface area (Å²) in [4.78, 5) is 14.2. The molecule has 1 aliphatic rings. The van der Waals surface area contributed by atoms with Crippen molar-refractivity contribution in [3.8, 4) is 0 Å². The van der Waals surface area contributed by atoms with Crippen molar-refractivity contribution in [2.45, 2.75) is 52.0 Å². The number of ether oxygens (including phenoxy) is 2. The fourth-order valence-corrected chi connectivity index (χ4v) is 2.67. The first-order valence-electron chi connectivity index (χ1n) is 7.68. The van der Waals surface area contributed by atoms with Crippen LogP contribution in [0.5, 0.6) is 0 Å². The summed E-state index contributed by atoms with van der Waals surface area (Å²) in [6, 6.07) is 7.37. The molecule has 1 aliphatic heterocycles. The normalized spacial score (nSPS) is 21.0. The molecule has 5 heteroatoms. The van der Waals surface area contributed by atoms with Gasteiger partial charge in [0.15, 0.2) is 0 Å². The lowest BCUT2D eigenvalue weighted by atomic mass is 10.1. The Bertz CT molecular complexity index is 605. The van der Waals surface area contributed by atoms with Gasteiger partial charge < -0.3 is 9.47 Å². The van der Waals surface area contributed by atoms with Crippen LogP contribution in [0.25, 0.3) is 6.08 Å². The number of hydrogen-bond acceptors (Lipinski definition) is 3. The Morgan fingerprint density at radius 1 is 1.43 bits per heavy atom. The van der Waals surface area contributed by atoms with E-state index < -0.39 is 11.3 Å². The lowest BCUT2D eigenvalue weighted by Gasteiger charge is -2.34. The number of hydrogen-bond donors (Lipinski definition) is 0. The number of carbonyl (C=O) groups excluding carboxylic acids is 1. The minimum Gasteiger partial charge on any atom is -0.444 e. The molecule has 1 amide bonds. The van der Waals surface area contributed by atoms with Gasteiger partial charge in [0.1, 0.15) is 11.3 Å². The van der Waals surface area contributed by atoms with Crippen LogP contribution in [-0.2, 0) is 9.47 Å². The third-order valence-electron chi connectivity index (χ3n) is 3.47. The van der Waals surface area contributed by atoms with E-state index in [0.717, 1.165) is 5.56 Å². The van der Waals surface area contributed by atoms with Gasteiger partial charge in [-0.15, -0.1) is 0 Å². The lowest BCUT2D eigenvalue weighted by molar-refractivity contribution is -0.0610. The molecule has 23 heavy (non-hydrogen) atoms. The summed E-state index contributed by atoms with van der Waals surface area (Å²) in [6.07, 6.45) is 3.52. The molecule has 1 aromatic carbocycles. The van der Waals surface area contributed by atoms with E-state index in [1.807, 2.05) is 71.0 Å². The number of benzene rings is 1. The minimum atomic E-state index is -0.703. The van der Waals surface area contributed by atoms with Gasteiger partial charge in [-0.2, -0.15) is 0 Å². The molecular weight excluding hydrogens is 314 g/mol. The standard InChI is InChI=1S/C18H24ClNO3/c1-17(2,3)23-16(21)20-15(12-22-18(20,4)5)10-9-13-7-6-8-14(19)11-13/h6-11,15H,12H2,1-5H3. The molecule has 0 bridgehead atoms. The van der Waals surface area contributed by atoms with E-state index in [1.165, 1.54) is 0 Å². The van der Waals surface area contributed by atoms with Crippen molar-refractivity contribution in [1.82, 2.24) is 4.90 Å². The Morgan fingerprint density at radius 3 is 2.74 bits per heavy atom. The molecule has 0 N–H and O–H groups in total. The fourth-order valence-electron chi connectivity index (χ4n) is 2.47. The van der Waals surface area contributed by atoms with Crippen molar-refractivity contribution in [3.63, 3.8) is 0 Å². The molecular formula is C18H24ClNO3. The first-order valence-corrected chi connectivity index (χ1v) is 8.06. The molecule has 1 fully saturated rings. The van der Waals surface area contributed by atoms with E-state index in [-0.39, 0.29) is 12.1 Å². The van der Waals surface area contributed by atoms with Crippen LogP contribution in [0.1, 0.15) is 40.2 Å². The Labute approximate surface area is 143 Å². The topological polar surface area (TPSA) is 38.8 Å². The largest absolute Gasteiger partial charge is 0.444 e. The van der Waals surface area contributed by atoms with Gasteiger partial charge in [-0.3, -0.25) is 4.90 Å². The van der Waals surface area contributed by atoms with Crippen LogP contribution in [0.3, 0.4) is 0 Å². The number of amides is 1. The van der Waals surface area contributed by atoms with Gasteiger partial charge in [0.05, 0.1) is 12.6 Å². The molecule has 1 heterocycles. The Morgan fingerprint density at radius 2 is 2.13 bits per heavy atom. The van der Waals surface area contributed by atoms with Gasteiger partial charge in [0.25, 0.3) is 0 Å². The summed E-state index contributed by atoms with van der Waals surface area (Å²) >= 11 is 5.99. The predicted molar refractivity (Wildman–Crippen MR) is 92.4 cm³/mol. The van der Waals surface area contributed by atoms with Crippen LogP contribution < -0.4 is 0 Å². The molecule has 0 radical (unpaired) electrons. The Balaban J connectivity index is 2.18. The van der Waals surface area contributed by atoms with Crippen LogP contribution in [0.15, 0.2) is 30.3 Å². The highest BCUT2D eigenvalue weighted by molar-refractivity contribution is 6.30. The second-order valence-electron chi connectivity index (χ2n) is 7.09. The molecule has 4 nitrogen and oxygen atoms in total. The molecule has 0 aromatic heterocycles. The predicted octanol–water partition coefficient (Wildman–Crippen LogP) is 4.73. The van der Waals surface area contributed by atoms with Gasteiger partial charge in [0.2, 0.25) is 0 Å². The molecule has 1 atom stereocenters.